The second-order valence-corrected chi connectivity index (χ2v) is 6.50. The van der Waals surface area contributed by atoms with Crippen molar-refractivity contribution in [3.05, 3.63) is 53.3 Å². The van der Waals surface area contributed by atoms with Crippen molar-refractivity contribution in [3.63, 3.8) is 0 Å². The number of rotatable bonds is 4. The maximum Gasteiger partial charge on any atom is 0.194 e. The zero-order chi connectivity index (χ0) is 14.0. The highest BCUT2D eigenvalue weighted by atomic mass is 32.2. The van der Waals surface area contributed by atoms with Crippen molar-refractivity contribution < 1.29 is 13.2 Å². The molecule has 2 aromatic rings. The van der Waals surface area contributed by atoms with Crippen LogP contribution in [0.15, 0.2) is 41.4 Å². The summed E-state index contributed by atoms with van der Waals surface area (Å²) in [6.45, 7) is 3.76. The molecule has 0 amide bonds. The van der Waals surface area contributed by atoms with E-state index in [-0.39, 0.29) is 4.90 Å². The molecule has 0 bridgehead atoms. The third-order valence-electron chi connectivity index (χ3n) is 3.06. The Morgan fingerprint density at radius 1 is 1.16 bits per heavy atom. The minimum Gasteiger partial charge on any atom is -0.359 e. The number of H-pyrrole nitrogens is 1. The Balaban J connectivity index is 2.28. The number of benzene rings is 1. The fraction of sp³-hybridized carbons (Fsp3) is 0.214. The smallest absolute Gasteiger partial charge is 0.194 e. The van der Waals surface area contributed by atoms with Gasteiger partial charge in [-0.25, -0.2) is 8.42 Å². The molecule has 0 fully saturated rings. The van der Waals surface area contributed by atoms with Crippen LogP contribution in [0, 0.1) is 13.8 Å². The van der Waals surface area contributed by atoms with E-state index in [1.165, 1.54) is 0 Å². The van der Waals surface area contributed by atoms with E-state index in [9.17, 15) is 13.2 Å². The first-order valence-corrected chi connectivity index (χ1v) is 7.52. The van der Waals surface area contributed by atoms with E-state index in [0.717, 1.165) is 11.1 Å². The van der Waals surface area contributed by atoms with Crippen molar-refractivity contribution in [2.75, 3.05) is 5.75 Å². The van der Waals surface area contributed by atoms with Gasteiger partial charge in [0, 0.05) is 6.20 Å². The fourth-order valence-corrected chi connectivity index (χ4v) is 3.04. The van der Waals surface area contributed by atoms with E-state index in [1.54, 1.807) is 36.5 Å². The Morgan fingerprint density at radius 2 is 1.89 bits per heavy atom. The molecule has 5 heteroatoms. The largest absolute Gasteiger partial charge is 0.359 e. The number of sulfone groups is 1. The highest BCUT2D eigenvalue weighted by molar-refractivity contribution is 7.92. The Bertz CT molecular complexity index is 700. The summed E-state index contributed by atoms with van der Waals surface area (Å²) in [6.07, 6.45) is 1.59. The first-order valence-electron chi connectivity index (χ1n) is 5.87. The van der Waals surface area contributed by atoms with Crippen molar-refractivity contribution in [1.29, 1.82) is 0 Å². The number of hydrogen-bond acceptors (Lipinski definition) is 3. The van der Waals surface area contributed by atoms with Gasteiger partial charge in [-0.2, -0.15) is 0 Å². The van der Waals surface area contributed by atoms with E-state index < -0.39 is 21.4 Å². The lowest BCUT2D eigenvalue weighted by Crippen LogP contribution is -2.17. The van der Waals surface area contributed by atoms with E-state index in [2.05, 4.69) is 4.98 Å². The number of carbonyl (C=O) groups excluding carboxylic acids is 1. The second kappa shape index (κ2) is 5.01. The van der Waals surface area contributed by atoms with Gasteiger partial charge in [-0.1, -0.05) is 6.07 Å². The van der Waals surface area contributed by atoms with E-state index in [1.807, 2.05) is 13.8 Å². The molecule has 0 saturated carbocycles. The quantitative estimate of drug-likeness (QED) is 0.872. The number of ketones is 1. The van der Waals surface area contributed by atoms with Crippen molar-refractivity contribution in [2.45, 2.75) is 18.7 Å². The molecule has 0 unspecified atom stereocenters. The van der Waals surface area contributed by atoms with Crippen molar-refractivity contribution >= 4 is 15.6 Å². The molecule has 0 atom stereocenters. The number of carbonyl (C=O) groups is 1. The molecule has 19 heavy (non-hydrogen) atoms. The molecule has 4 nitrogen and oxygen atoms in total. The predicted octanol–water partition coefficient (Wildman–Crippen LogP) is 2.29. The van der Waals surface area contributed by atoms with Gasteiger partial charge in [0.05, 0.1) is 10.6 Å². The second-order valence-electron chi connectivity index (χ2n) is 4.51. The van der Waals surface area contributed by atoms with Crippen LogP contribution in [-0.4, -0.2) is 24.9 Å². The molecular weight excluding hydrogens is 262 g/mol. The third-order valence-corrected chi connectivity index (χ3v) is 4.67. The molecular formula is C14H15NO3S. The van der Waals surface area contributed by atoms with Crippen LogP contribution in [0.3, 0.4) is 0 Å². The lowest BCUT2D eigenvalue weighted by Gasteiger charge is -2.06. The number of aromatic nitrogens is 1. The van der Waals surface area contributed by atoms with E-state index >= 15 is 0 Å². The molecule has 0 spiro atoms. The minimum atomic E-state index is -3.59. The SMILES string of the molecule is Cc1ccc(S(=O)(=O)CC(=O)c2ccc[nH]2)cc1C. The summed E-state index contributed by atoms with van der Waals surface area (Å²) in [5.41, 5.74) is 2.23. The predicted molar refractivity (Wildman–Crippen MR) is 73.1 cm³/mol. The van der Waals surface area contributed by atoms with Gasteiger partial charge in [0.1, 0.15) is 5.75 Å². The van der Waals surface area contributed by atoms with Crippen molar-refractivity contribution in [3.8, 4) is 0 Å². The fourth-order valence-electron chi connectivity index (χ4n) is 1.74. The van der Waals surface area contributed by atoms with Crippen LogP contribution >= 0.6 is 0 Å². The van der Waals surface area contributed by atoms with Crippen molar-refractivity contribution in [2.24, 2.45) is 0 Å². The summed E-state index contributed by atoms with van der Waals surface area (Å²) in [5.74, 6) is -0.945. The van der Waals surface area contributed by atoms with Crippen LogP contribution in [0.1, 0.15) is 21.6 Å². The van der Waals surface area contributed by atoms with E-state index in [0.29, 0.717) is 5.69 Å². The molecule has 0 aliphatic carbocycles. The molecule has 1 aromatic heterocycles. The number of hydrogen-bond donors (Lipinski definition) is 1. The zero-order valence-electron chi connectivity index (χ0n) is 10.8. The first kappa shape index (κ1) is 13.5. The molecule has 2 rings (SSSR count). The van der Waals surface area contributed by atoms with Crippen LogP contribution in [0.4, 0.5) is 0 Å². The Morgan fingerprint density at radius 3 is 2.47 bits per heavy atom. The Labute approximate surface area is 112 Å². The lowest BCUT2D eigenvalue weighted by molar-refractivity contribution is 0.101. The van der Waals surface area contributed by atoms with Gasteiger partial charge in [0.15, 0.2) is 15.6 Å². The molecule has 0 saturated heterocycles. The van der Waals surface area contributed by atoms with Gasteiger partial charge < -0.3 is 4.98 Å². The lowest BCUT2D eigenvalue weighted by atomic mass is 10.1. The summed E-state index contributed by atoms with van der Waals surface area (Å²) in [6, 6.07) is 8.13. The average Bonchev–Trinajstić information content (AvgIpc) is 2.85. The zero-order valence-corrected chi connectivity index (χ0v) is 11.6. The van der Waals surface area contributed by atoms with Gasteiger partial charge in [0.25, 0.3) is 0 Å². The standard InChI is InChI=1S/C14H15NO3S/c1-10-5-6-12(8-11(10)2)19(17,18)9-14(16)13-4-3-7-15-13/h3-8,15H,9H2,1-2H3. The topological polar surface area (TPSA) is 67.0 Å². The highest BCUT2D eigenvalue weighted by Gasteiger charge is 2.21. The van der Waals surface area contributed by atoms with Gasteiger partial charge in [0.2, 0.25) is 0 Å². The van der Waals surface area contributed by atoms with Crippen LogP contribution in [-0.2, 0) is 9.84 Å². The molecule has 100 valence electrons. The molecule has 1 heterocycles. The highest BCUT2D eigenvalue weighted by Crippen LogP contribution is 2.17. The number of Topliss-reactive ketones (excluding diaryl/α,β-unsaturated/α-hetero) is 1. The van der Waals surface area contributed by atoms with Crippen LogP contribution < -0.4 is 0 Å². The molecule has 1 aromatic carbocycles. The monoisotopic (exact) mass is 277 g/mol. The minimum absolute atomic E-state index is 0.190. The molecule has 0 radical (unpaired) electrons. The number of aromatic amines is 1. The van der Waals surface area contributed by atoms with Crippen LogP contribution in [0.5, 0.6) is 0 Å². The van der Waals surface area contributed by atoms with Crippen molar-refractivity contribution in [1.82, 2.24) is 4.98 Å². The Kier molecular flexibility index (Phi) is 3.57. The summed E-state index contributed by atoms with van der Waals surface area (Å²) in [4.78, 5) is 14.7. The van der Waals surface area contributed by atoms with Gasteiger partial charge in [-0.05, 0) is 49.2 Å². The maximum absolute atomic E-state index is 12.2. The van der Waals surface area contributed by atoms with Gasteiger partial charge in [-0.3, -0.25) is 4.79 Å². The van der Waals surface area contributed by atoms with Crippen LogP contribution in [0.2, 0.25) is 0 Å². The Hall–Kier alpha value is -1.88. The summed E-state index contributed by atoms with van der Waals surface area (Å²) < 4.78 is 24.3. The average molecular weight is 277 g/mol. The number of nitrogens with one attached hydrogen (secondary N) is 1. The number of aryl methyl sites for hydroxylation is 2. The molecule has 0 aliphatic heterocycles. The summed E-state index contributed by atoms with van der Waals surface area (Å²) in [5, 5.41) is 0. The van der Waals surface area contributed by atoms with Gasteiger partial charge >= 0.3 is 0 Å². The summed E-state index contributed by atoms with van der Waals surface area (Å²) in [7, 11) is -3.59. The van der Waals surface area contributed by atoms with Gasteiger partial charge in [-0.15, -0.1) is 0 Å². The summed E-state index contributed by atoms with van der Waals surface area (Å²) >= 11 is 0. The normalized spacial score (nSPS) is 11.5. The first-order chi connectivity index (χ1) is 8.90. The maximum atomic E-state index is 12.2. The molecule has 1 N–H and O–H groups in total. The third kappa shape index (κ3) is 2.93. The van der Waals surface area contributed by atoms with E-state index in [4.69, 9.17) is 0 Å². The molecule has 0 aliphatic rings. The van der Waals surface area contributed by atoms with Crippen LogP contribution in [0.25, 0.3) is 0 Å².